The number of nitrogens with zero attached hydrogens (tertiary/aromatic N) is 2. The van der Waals surface area contributed by atoms with Crippen LogP contribution in [-0.4, -0.2) is 62.1 Å². The van der Waals surface area contributed by atoms with E-state index in [1.807, 2.05) is 6.92 Å². The van der Waals surface area contributed by atoms with Crippen LogP contribution in [0.2, 0.25) is 10.0 Å². The van der Waals surface area contributed by atoms with Crippen LogP contribution in [0.15, 0.2) is 23.2 Å². The van der Waals surface area contributed by atoms with Crippen LogP contribution in [0.3, 0.4) is 0 Å². The number of nitrogens with one attached hydrogen (secondary N) is 3. The highest BCUT2D eigenvalue weighted by atomic mass is 35.5. The second-order valence-corrected chi connectivity index (χ2v) is 7.72. The molecule has 28 heavy (non-hydrogen) atoms. The molecule has 8 heteroatoms. The van der Waals surface area contributed by atoms with E-state index in [2.05, 4.69) is 32.8 Å². The van der Waals surface area contributed by atoms with Crippen LogP contribution < -0.4 is 16.0 Å². The molecule has 0 saturated carbocycles. The Kier molecular flexibility index (Phi) is 9.88. The SMILES string of the molecule is CCCN1CCC(NC(=NCCNC(=O)c2ccc(Cl)c(Cl)c2)NCC)CC1. The molecular weight excluding hydrogens is 397 g/mol. The molecule has 0 radical (unpaired) electrons. The molecule has 0 atom stereocenters. The maximum atomic E-state index is 12.2. The van der Waals surface area contributed by atoms with Crippen LogP contribution >= 0.6 is 23.2 Å². The maximum Gasteiger partial charge on any atom is 0.251 e. The summed E-state index contributed by atoms with van der Waals surface area (Å²) in [6.45, 7) is 9.46. The zero-order chi connectivity index (χ0) is 20.4. The number of hydrogen-bond donors (Lipinski definition) is 3. The molecule has 1 fully saturated rings. The Bertz CT molecular complexity index is 660. The number of piperidine rings is 1. The number of likely N-dealkylation sites (tertiary alicyclic amines) is 1. The second-order valence-electron chi connectivity index (χ2n) is 6.91. The number of carbonyl (C=O) groups is 1. The third-order valence-corrected chi connectivity index (χ3v) is 5.40. The van der Waals surface area contributed by atoms with Gasteiger partial charge in [0.1, 0.15) is 0 Å². The van der Waals surface area contributed by atoms with Gasteiger partial charge in [0.25, 0.3) is 5.91 Å². The molecule has 1 aromatic rings. The number of carbonyl (C=O) groups excluding carboxylic acids is 1. The van der Waals surface area contributed by atoms with E-state index in [0.29, 0.717) is 34.7 Å². The van der Waals surface area contributed by atoms with Gasteiger partial charge in [-0.15, -0.1) is 0 Å². The lowest BCUT2D eigenvalue weighted by molar-refractivity contribution is 0.0955. The van der Waals surface area contributed by atoms with Crippen molar-refractivity contribution >= 4 is 35.1 Å². The number of rotatable bonds is 8. The summed E-state index contributed by atoms with van der Waals surface area (Å²) < 4.78 is 0. The zero-order valence-electron chi connectivity index (χ0n) is 16.7. The Morgan fingerprint density at radius 3 is 2.57 bits per heavy atom. The number of amides is 1. The van der Waals surface area contributed by atoms with Crippen molar-refractivity contribution in [3.63, 3.8) is 0 Å². The predicted molar refractivity (Wildman–Crippen MR) is 118 cm³/mol. The molecule has 0 unspecified atom stereocenters. The van der Waals surface area contributed by atoms with E-state index in [4.69, 9.17) is 23.2 Å². The van der Waals surface area contributed by atoms with E-state index in [1.165, 1.54) is 13.0 Å². The Labute approximate surface area is 178 Å². The minimum atomic E-state index is -0.185. The van der Waals surface area contributed by atoms with Gasteiger partial charge in [-0.05, 0) is 50.9 Å². The van der Waals surface area contributed by atoms with Gasteiger partial charge in [0.2, 0.25) is 0 Å². The zero-order valence-corrected chi connectivity index (χ0v) is 18.2. The Morgan fingerprint density at radius 1 is 1.18 bits per heavy atom. The predicted octanol–water partition coefficient (Wildman–Crippen LogP) is 3.15. The van der Waals surface area contributed by atoms with Gasteiger partial charge < -0.3 is 20.9 Å². The van der Waals surface area contributed by atoms with Crippen LogP contribution in [0.5, 0.6) is 0 Å². The fourth-order valence-electron chi connectivity index (χ4n) is 3.21. The molecule has 0 aromatic heterocycles. The minimum Gasteiger partial charge on any atom is -0.357 e. The summed E-state index contributed by atoms with van der Waals surface area (Å²) in [5.41, 5.74) is 0.488. The van der Waals surface area contributed by atoms with E-state index in [0.717, 1.165) is 38.4 Å². The van der Waals surface area contributed by atoms with E-state index in [9.17, 15) is 4.79 Å². The van der Waals surface area contributed by atoms with Crippen molar-refractivity contribution in [1.82, 2.24) is 20.9 Å². The largest absolute Gasteiger partial charge is 0.357 e. The lowest BCUT2D eigenvalue weighted by Gasteiger charge is -2.32. The molecule has 6 nitrogen and oxygen atoms in total. The number of guanidine groups is 1. The molecule has 1 aliphatic heterocycles. The summed E-state index contributed by atoms with van der Waals surface area (Å²) in [4.78, 5) is 19.3. The second kappa shape index (κ2) is 12.1. The summed E-state index contributed by atoms with van der Waals surface area (Å²) in [5, 5.41) is 10.5. The Balaban J connectivity index is 1.77. The van der Waals surface area contributed by atoms with Gasteiger partial charge in [-0.3, -0.25) is 9.79 Å². The van der Waals surface area contributed by atoms with Gasteiger partial charge in [0.15, 0.2) is 5.96 Å². The molecule has 1 heterocycles. The van der Waals surface area contributed by atoms with Crippen molar-refractivity contribution in [2.45, 2.75) is 39.2 Å². The van der Waals surface area contributed by atoms with Crippen molar-refractivity contribution in [3.8, 4) is 0 Å². The number of aliphatic imine (C=N–C) groups is 1. The molecule has 1 saturated heterocycles. The normalized spacial score (nSPS) is 16.1. The molecule has 1 aliphatic rings. The van der Waals surface area contributed by atoms with Gasteiger partial charge in [0.05, 0.1) is 16.6 Å². The Morgan fingerprint density at radius 2 is 1.93 bits per heavy atom. The highest BCUT2D eigenvalue weighted by molar-refractivity contribution is 6.42. The van der Waals surface area contributed by atoms with E-state index >= 15 is 0 Å². The standard InChI is InChI=1S/C20H31Cl2N5O/c1-3-11-27-12-7-16(8-13-27)26-20(23-4-2)25-10-9-24-19(28)15-5-6-17(21)18(22)14-15/h5-6,14,16H,3-4,7-13H2,1-2H3,(H,24,28)(H2,23,25,26). The molecule has 0 bridgehead atoms. The monoisotopic (exact) mass is 427 g/mol. The number of hydrogen-bond acceptors (Lipinski definition) is 3. The summed E-state index contributed by atoms with van der Waals surface area (Å²) in [6, 6.07) is 5.29. The van der Waals surface area contributed by atoms with Crippen LogP contribution in [0.1, 0.15) is 43.5 Å². The highest BCUT2D eigenvalue weighted by Gasteiger charge is 2.19. The van der Waals surface area contributed by atoms with Gasteiger partial charge in [0, 0.05) is 37.8 Å². The van der Waals surface area contributed by atoms with E-state index in [-0.39, 0.29) is 5.91 Å². The fourth-order valence-corrected chi connectivity index (χ4v) is 3.51. The Hall–Kier alpha value is -1.50. The van der Waals surface area contributed by atoms with Crippen LogP contribution in [0.4, 0.5) is 0 Å². The molecular formula is C20H31Cl2N5O. The fraction of sp³-hybridized carbons (Fsp3) is 0.600. The number of halogens is 2. The first-order valence-electron chi connectivity index (χ1n) is 10.0. The van der Waals surface area contributed by atoms with Gasteiger partial charge in [-0.25, -0.2) is 0 Å². The molecule has 2 rings (SSSR count). The van der Waals surface area contributed by atoms with Gasteiger partial charge >= 0.3 is 0 Å². The molecule has 3 N–H and O–H groups in total. The maximum absolute atomic E-state index is 12.2. The van der Waals surface area contributed by atoms with E-state index in [1.54, 1.807) is 18.2 Å². The third kappa shape index (κ3) is 7.49. The van der Waals surface area contributed by atoms with Crippen molar-refractivity contribution in [3.05, 3.63) is 33.8 Å². The average Bonchev–Trinajstić information content (AvgIpc) is 2.69. The van der Waals surface area contributed by atoms with Crippen molar-refractivity contribution in [2.24, 2.45) is 4.99 Å². The summed E-state index contributed by atoms with van der Waals surface area (Å²) >= 11 is 11.8. The molecule has 0 aliphatic carbocycles. The van der Waals surface area contributed by atoms with Crippen molar-refractivity contribution < 1.29 is 4.79 Å². The van der Waals surface area contributed by atoms with Gasteiger partial charge in [-0.1, -0.05) is 30.1 Å². The first kappa shape index (κ1) is 22.8. The lowest BCUT2D eigenvalue weighted by Crippen LogP contribution is -2.49. The third-order valence-electron chi connectivity index (χ3n) is 4.66. The van der Waals surface area contributed by atoms with Crippen LogP contribution in [0.25, 0.3) is 0 Å². The van der Waals surface area contributed by atoms with Crippen molar-refractivity contribution in [2.75, 3.05) is 39.3 Å². The highest BCUT2D eigenvalue weighted by Crippen LogP contribution is 2.22. The van der Waals surface area contributed by atoms with Crippen molar-refractivity contribution in [1.29, 1.82) is 0 Å². The molecule has 1 amide bonds. The minimum absolute atomic E-state index is 0.185. The summed E-state index contributed by atoms with van der Waals surface area (Å²) in [6.07, 6.45) is 3.45. The van der Waals surface area contributed by atoms with Crippen LogP contribution in [0, 0.1) is 0 Å². The topological polar surface area (TPSA) is 68.8 Å². The lowest BCUT2D eigenvalue weighted by atomic mass is 10.1. The molecule has 0 spiro atoms. The molecule has 156 valence electrons. The van der Waals surface area contributed by atoms with Crippen LogP contribution in [-0.2, 0) is 0 Å². The number of benzene rings is 1. The first-order chi connectivity index (χ1) is 13.5. The summed E-state index contributed by atoms with van der Waals surface area (Å²) in [7, 11) is 0. The smallest absolute Gasteiger partial charge is 0.251 e. The quantitative estimate of drug-likeness (QED) is 0.338. The first-order valence-corrected chi connectivity index (χ1v) is 10.8. The van der Waals surface area contributed by atoms with E-state index < -0.39 is 0 Å². The van der Waals surface area contributed by atoms with Gasteiger partial charge in [-0.2, -0.15) is 0 Å². The average molecular weight is 428 g/mol. The molecule has 1 aromatic carbocycles. The summed E-state index contributed by atoms with van der Waals surface area (Å²) in [5.74, 6) is 0.621.